The molecule has 0 amide bonds. The first-order valence-corrected chi connectivity index (χ1v) is 15.4. The minimum atomic E-state index is -0.753. The third-order valence-corrected chi connectivity index (χ3v) is 9.33. The molecule has 4 aromatic rings. The van der Waals surface area contributed by atoms with E-state index in [1.54, 1.807) is 0 Å². The summed E-state index contributed by atoms with van der Waals surface area (Å²) < 4.78 is 2.33. The van der Waals surface area contributed by atoms with E-state index in [1.807, 2.05) is 0 Å². The Hall–Kier alpha value is -4.44. The van der Waals surface area contributed by atoms with E-state index in [-0.39, 0.29) is 17.3 Å². The van der Waals surface area contributed by atoms with Crippen LogP contribution in [0.3, 0.4) is 0 Å². The molecule has 218 valence electrons. The Morgan fingerprint density at radius 3 is 2.14 bits per heavy atom. The van der Waals surface area contributed by atoms with Crippen LogP contribution in [-0.2, 0) is 15.6 Å². The highest BCUT2D eigenvalue weighted by Gasteiger charge is 2.45. The molecule has 0 saturated heterocycles. The van der Waals surface area contributed by atoms with Crippen LogP contribution in [0, 0.1) is 0 Å². The number of benzene rings is 4. The molecule has 0 aromatic heterocycles. The maximum Gasteiger partial charge on any atom is 0.303 e. The van der Waals surface area contributed by atoms with Crippen LogP contribution in [0.25, 0.3) is 21.5 Å². The van der Waals surface area contributed by atoms with Gasteiger partial charge in [-0.05, 0) is 66.1 Å². The molecular formula is C39H41N2O2+. The van der Waals surface area contributed by atoms with Crippen molar-refractivity contribution in [3.8, 4) is 0 Å². The van der Waals surface area contributed by atoms with Crippen molar-refractivity contribution >= 4 is 44.6 Å². The number of allylic oxidation sites excluding steroid dienone is 6. The lowest BCUT2D eigenvalue weighted by Crippen LogP contribution is -2.28. The van der Waals surface area contributed by atoms with Crippen LogP contribution in [0.2, 0.25) is 0 Å². The van der Waals surface area contributed by atoms with Gasteiger partial charge in [-0.15, -0.1) is 0 Å². The van der Waals surface area contributed by atoms with Gasteiger partial charge in [-0.1, -0.05) is 86.7 Å². The van der Waals surface area contributed by atoms with E-state index in [2.05, 4.69) is 147 Å². The van der Waals surface area contributed by atoms with E-state index in [0.717, 1.165) is 6.54 Å². The Balaban J connectivity index is 1.34. The van der Waals surface area contributed by atoms with Crippen molar-refractivity contribution in [2.75, 3.05) is 18.0 Å². The highest BCUT2D eigenvalue weighted by atomic mass is 16.4. The van der Waals surface area contributed by atoms with Gasteiger partial charge in [0.05, 0.1) is 11.8 Å². The van der Waals surface area contributed by atoms with Crippen LogP contribution in [0.15, 0.2) is 109 Å². The Morgan fingerprint density at radius 2 is 1.47 bits per heavy atom. The smallest absolute Gasteiger partial charge is 0.303 e. The molecule has 0 spiro atoms. The van der Waals surface area contributed by atoms with Gasteiger partial charge in [-0.3, -0.25) is 4.79 Å². The van der Waals surface area contributed by atoms with E-state index in [4.69, 9.17) is 0 Å². The number of nitrogens with zero attached hydrogens (tertiary/aromatic N) is 2. The third kappa shape index (κ3) is 4.79. The first kappa shape index (κ1) is 28.7. The number of carbonyl (C=O) groups is 1. The molecule has 6 rings (SSSR count). The largest absolute Gasteiger partial charge is 0.481 e. The van der Waals surface area contributed by atoms with Gasteiger partial charge < -0.3 is 10.0 Å². The first-order chi connectivity index (χ1) is 20.7. The Morgan fingerprint density at radius 1 is 0.814 bits per heavy atom. The number of likely N-dealkylation sites (N-methyl/N-ethyl adjacent to an activating group) is 1. The lowest BCUT2D eigenvalue weighted by atomic mass is 9.79. The topological polar surface area (TPSA) is 43.5 Å². The van der Waals surface area contributed by atoms with E-state index in [1.165, 1.54) is 55.5 Å². The maximum atomic E-state index is 11.3. The van der Waals surface area contributed by atoms with E-state index >= 15 is 0 Å². The molecular weight excluding hydrogens is 528 g/mol. The standard InChI is InChI=1S/C39H40N2O2/c1-6-40-31-24-22-27-15-10-12-17-29(27)36(31)38(2,3)33(40)19-8-7-9-20-34-39(4,5)37-30-18-13-11-16-28(30)23-25-32(37)41(34)26-14-21-35(42)43/h7-13,15-20,22-25H,6,14,21,26H2,1-5H3/p+1. The van der Waals surface area contributed by atoms with E-state index in [0.29, 0.717) is 13.0 Å². The van der Waals surface area contributed by atoms with Gasteiger partial charge in [0.1, 0.15) is 6.54 Å². The van der Waals surface area contributed by atoms with Crippen molar-refractivity contribution in [3.05, 3.63) is 120 Å². The van der Waals surface area contributed by atoms with Gasteiger partial charge in [0.2, 0.25) is 5.69 Å². The minimum absolute atomic E-state index is 0.119. The van der Waals surface area contributed by atoms with Crippen molar-refractivity contribution in [1.29, 1.82) is 0 Å². The Kier molecular flexibility index (Phi) is 7.33. The fourth-order valence-corrected chi connectivity index (χ4v) is 7.40. The molecule has 4 nitrogen and oxygen atoms in total. The number of hydrogen-bond acceptors (Lipinski definition) is 2. The predicted octanol–water partition coefficient (Wildman–Crippen LogP) is 9.05. The summed E-state index contributed by atoms with van der Waals surface area (Å²) in [5.41, 5.74) is 7.33. The van der Waals surface area contributed by atoms with Crippen molar-refractivity contribution in [1.82, 2.24) is 0 Å². The first-order valence-electron chi connectivity index (χ1n) is 15.4. The quantitative estimate of drug-likeness (QED) is 0.170. The van der Waals surface area contributed by atoms with E-state index in [9.17, 15) is 9.90 Å². The molecule has 0 atom stereocenters. The predicted molar refractivity (Wildman–Crippen MR) is 180 cm³/mol. The maximum absolute atomic E-state index is 11.3. The monoisotopic (exact) mass is 569 g/mol. The summed E-state index contributed by atoms with van der Waals surface area (Å²) in [5, 5.41) is 14.4. The van der Waals surface area contributed by atoms with Gasteiger partial charge in [-0.2, -0.15) is 4.58 Å². The number of anilines is 1. The highest BCUT2D eigenvalue weighted by Crippen LogP contribution is 2.50. The number of carboxylic acids is 1. The van der Waals surface area contributed by atoms with Gasteiger partial charge in [0, 0.05) is 47.5 Å². The second-order valence-electron chi connectivity index (χ2n) is 12.7. The van der Waals surface area contributed by atoms with Crippen LogP contribution < -0.4 is 4.90 Å². The summed E-state index contributed by atoms with van der Waals surface area (Å²) in [7, 11) is 0. The zero-order valence-corrected chi connectivity index (χ0v) is 25.9. The van der Waals surface area contributed by atoms with Crippen molar-refractivity contribution < 1.29 is 14.5 Å². The van der Waals surface area contributed by atoms with Crippen LogP contribution >= 0.6 is 0 Å². The summed E-state index contributed by atoms with van der Waals surface area (Å²) in [6, 6.07) is 26.1. The molecule has 0 bridgehead atoms. The molecule has 0 unspecified atom stereocenters. The lowest BCUT2D eigenvalue weighted by molar-refractivity contribution is -0.438. The molecule has 1 N–H and O–H groups in total. The van der Waals surface area contributed by atoms with Crippen LogP contribution in [-0.4, -0.2) is 34.5 Å². The number of aliphatic carboxylic acids is 1. The zero-order valence-electron chi connectivity index (χ0n) is 25.9. The molecule has 0 saturated carbocycles. The summed E-state index contributed by atoms with van der Waals surface area (Å²) in [5.74, 6) is -0.753. The fraction of sp³-hybridized carbons (Fsp3) is 0.282. The normalized spacial score (nSPS) is 18.1. The summed E-state index contributed by atoms with van der Waals surface area (Å²) in [6.07, 6.45) is 11.6. The molecule has 0 radical (unpaired) electrons. The molecule has 4 aromatic carbocycles. The molecule has 4 heteroatoms. The fourth-order valence-electron chi connectivity index (χ4n) is 7.40. The number of fused-ring (bicyclic) bond motifs is 6. The summed E-state index contributed by atoms with van der Waals surface area (Å²) >= 11 is 0. The Labute approximate surface area is 255 Å². The molecule has 43 heavy (non-hydrogen) atoms. The number of hydrogen-bond donors (Lipinski definition) is 1. The van der Waals surface area contributed by atoms with Gasteiger partial charge in [0.15, 0.2) is 5.71 Å². The molecule has 2 heterocycles. The molecule has 0 fully saturated rings. The van der Waals surface area contributed by atoms with Crippen LogP contribution in [0.5, 0.6) is 0 Å². The second kappa shape index (κ2) is 11.0. The summed E-state index contributed by atoms with van der Waals surface area (Å²) in [4.78, 5) is 13.8. The SMILES string of the molecule is CCN1/C(=C/C=C/C=C/C2=[N+](CCCC(=O)O)c3ccc4ccccc4c3C2(C)C)C(C)(C)c2c1ccc1ccccc21. The van der Waals surface area contributed by atoms with Crippen molar-refractivity contribution in [2.45, 2.75) is 58.3 Å². The minimum Gasteiger partial charge on any atom is -0.481 e. The third-order valence-electron chi connectivity index (χ3n) is 9.33. The van der Waals surface area contributed by atoms with Crippen molar-refractivity contribution in [3.63, 3.8) is 0 Å². The Bertz CT molecular complexity index is 1870. The summed E-state index contributed by atoms with van der Waals surface area (Å²) in [6.45, 7) is 13.0. The lowest BCUT2D eigenvalue weighted by Gasteiger charge is -2.26. The van der Waals surface area contributed by atoms with Gasteiger partial charge >= 0.3 is 5.97 Å². The number of rotatable bonds is 8. The average molecular weight is 570 g/mol. The van der Waals surface area contributed by atoms with Gasteiger partial charge in [0.25, 0.3) is 0 Å². The molecule has 2 aliphatic heterocycles. The molecule has 0 aliphatic carbocycles. The second-order valence-corrected chi connectivity index (χ2v) is 12.7. The van der Waals surface area contributed by atoms with E-state index < -0.39 is 5.97 Å². The van der Waals surface area contributed by atoms with Crippen LogP contribution in [0.1, 0.15) is 58.6 Å². The zero-order chi connectivity index (χ0) is 30.4. The average Bonchev–Trinajstić information content (AvgIpc) is 3.35. The molecule has 2 aliphatic rings. The number of carboxylic acid groups (broad SMARTS) is 1. The highest BCUT2D eigenvalue weighted by molar-refractivity contribution is 6.07. The van der Waals surface area contributed by atoms with Gasteiger partial charge in [-0.25, -0.2) is 0 Å². The van der Waals surface area contributed by atoms with Crippen LogP contribution in [0.4, 0.5) is 11.4 Å². The van der Waals surface area contributed by atoms with Crippen molar-refractivity contribution in [2.24, 2.45) is 0 Å².